The molecule has 0 fully saturated rings. The normalized spacial score (nSPS) is 12.1. The molecule has 0 unspecified atom stereocenters. The van der Waals surface area contributed by atoms with Gasteiger partial charge in [0.15, 0.2) is 8.32 Å². The lowest BCUT2D eigenvalue weighted by atomic mass is 10.3. The molecule has 0 aliphatic heterocycles. The summed E-state index contributed by atoms with van der Waals surface area (Å²) in [4.78, 5) is 0. The molecule has 0 aromatic carbocycles. The quantitative estimate of drug-likeness (QED) is 0.280. The van der Waals surface area contributed by atoms with Gasteiger partial charge in [-0.1, -0.05) is 41.5 Å². The Kier molecular flexibility index (Phi) is 10.6. The van der Waals surface area contributed by atoms with Crippen molar-refractivity contribution >= 4 is 16.4 Å². The summed E-state index contributed by atoms with van der Waals surface area (Å²) in [6, 6.07) is 7.68. The van der Waals surface area contributed by atoms with Crippen LogP contribution in [0.3, 0.4) is 0 Å². The minimum Gasteiger partial charge on any atom is -0.417 e. The van der Waals surface area contributed by atoms with Crippen LogP contribution in [-0.2, 0) is 4.43 Å². The first-order valence-electron chi connectivity index (χ1n) is 8.71. The molecule has 0 rings (SSSR count). The molecule has 0 N–H and O–H groups in total. The van der Waals surface area contributed by atoms with E-state index in [4.69, 9.17) is 4.43 Å². The van der Waals surface area contributed by atoms with Crippen molar-refractivity contribution in [2.45, 2.75) is 90.6 Å². The maximum atomic E-state index is 6.27. The molecule has 3 heteroatoms. The monoisotopic (exact) mass is 312 g/mol. The molecular weight excluding hydrogens is 276 g/mol. The second-order valence-electron chi connectivity index (χ2n) is 5.84. The second kappa shape index (κ2) is 10.6. The molecule has 0 bridgehead atoms. The maximum absolute atomic E-state index is 6.27. The van der Waals surface area contributed by atoms with Gasteiger partial charge in [-0.15, -0.1) is 11.5 Å². The van der Waals surface area contributed by atoms with E-state index in [1.807, 2.05) is 0 Å². The highest BCUT2D eigenvalue weighted by molar-refractivity contribution is 6.87. The van der Waals surface area contributed by atoms with Crippen molar-refractivity contribution in [1.82, 2.24) is 0 Å². The Balaban J connectivity index is 4.16. The predicted molar refractivity (Wildman–Crippen MR) is 97.4 cm³/mol. The molecule has 0 saturated heterocycles. The highest BCUT2D eigenvalue weighted by atomic mass is 28.4. The molecule has 1 nitrogen and oxygen atoms in total. The Bertz CT molecular complexity index is 279. The fourth-order valence-electron chi connectivity index (χ4n) is 2.77. The van der Waals surface area contributed by atoms with Gasteiger partial charge in [0.2, 0.25) is 0 Å². The second-order valence-corrected chi connectivity index (χ2v) is 15.5. The summed E-state index contributed by atoms with van der Waals surface area (Å²) in [6.07, 6.45) is 2.14. The summed E-state index contributed by atoms with van der Waals surface area (Å²) in [5.41, 5.74) is 3.67. The molecular formula is C17H36OSi2. The van der Waals surface area contributed by atoms with Crippen LogP contribution in [0.4, 0.5) is 0 Å². The van der Waals surface area contributed by atoms with Crippen molar-refractivity contribution in [3.63, 3.8) is 0 Å². The third-order valence-electron chi connectivity index (χ3n) is 5.17. The van der Waals surface area contributed by atoms with E-state index in [1.165, 1.54) is 36.3 Å². The first kappa shape index (κ1) is 20.0. The van der Waals surface area contributed by atoms with E-state index in [0.717, 1.165) is 19.4 Å². The van der Waals surface area contributed by atoms with Crippen LogP contribution in [0.25, 0.3) is 0 Å². The summed E-state index contributed by atoms with van der Waals surface area (Å²) < 4.78 is 6.27. The molecule has 0 amide bonds. The highest BCUT2D eigenvalue weighted by Gasteiger charge is 2.28. The zero-order chi connectivity index (χ0) is 15.5. The minimum atomic E-state index is -1.37. The molecule has 20 heavy (non-hydrogen) atoms. The van der Waals surface area contributed by atoms with E-state index in [0.29, 0.717) is 0 Å². The average Bonchev–Trinajstić information content (AvgIpc) is 2.52. The summed E-state index contributed by atoms with van der Waals surface area (Å²) in [7, 11) is -2.60. The van der Waals surface area contributed by atoms with Crippen LogP contribution < -0.4 is 0 Å². The molecule has 0 radical (unpaired) electrons. The van der Waals surface area contributed by atoms with Gasteiger partial charge in [0, 0.05) is 13.0 Å². The van der Waals surface area contributed by atoms with E-state index in [9.17, 15) is 0 Å². The van der Waals surface area contributed by atoms with Crippen LogP contribution in [0.5, 0.6) is 0 Å². The first-order chi connectivity index (χ1) is 9.57. The van der Waals surface area contributed by atoms with E-state index in [2.05, 4.69) is 53.0 Å². The van der Waals surface area contributed by atoms with E-state index < -0.39 is 16.4 Å². The van der Waals surface area contributed by atoms with Crippen molar-refractivity contribution in [2.75, 3.05) is 6.61 Å². The number of hydrogen-bond donors (Lipinski definition) is 0. The van der Waals surface area contributed by atoms with Gasteiger partial charge in [0.05, 0.1) is 0 Å². The molecule has 0 atom stereocenters. The van der Waals surface area contributed by atoms with E-state index in [-0.39, 0.29) is 0 Å². The molecule has 0 heterocycles. The standard InChI is InChI=1S/C17H36OSi2/c1-7-19(8-2,9-3)17-15-13-14-16-18-20(10-4,11-5)12-6/h7-14,16H2,1-6H3. The molecule has 0 aromatic rings. The minimum absolute atomic E-state index is 0.926. The Labute approximate surface area is 130 Å². The van der Waals surface area contributed by atoms with Gasteiger partial charge in [0.1, 0.15) is 8.07 Å². The van der Waals surface area contributed by atoms with Gasteiger partial charge in [-0.3, -0.25) is 0 Å². The lowest BCUT2D eigenvalue weighted by Crippen LogP contribution is -2.36. The lowest BCUT2D eigenvalue weighted by Gasteiger charge is -2.27. The smallest absolute Gasteiger partial charge is 0.191 e. The number of unbranched alkanes of at least 4 members (excludes halogenated alkanes) is 1. The largest absolute Gasteiger partial charge is 0.417 e. The summed E-state index contributed by atoms with van der Waals surface area (Å²) >= 11 is 0. The predicted octanol–water partition coefficient (Wildman–Crippen LogP) is 5.84. The Morgan fingerprint density at radius 1 is 0.750 bits per heavy atom. The zero-order valence-electron chi connectivity index (χ0n) is 14.8. The molecule has 0 aromatic heterocycles. The van der Waals surface area contributed by atoms with Crippen LogP contribution in [0.15, 0.2) is 0 Å². The highest BCUT2D eigenvalue weighted by Crippen LogP contribution is 2.22. The summed E-state index contributed by atoms with van der Waals surface area (Å²) in [5.74, 6) is 3.47. The Morgan fingerprint density at radius 3 is 1.65 bits per heavy atom. The van der Waals surface area contributed by atoms with Gasteiger partial charge in [0.25, 0.3) is 0 Å². The van der Waals surface area contributed by atoms with Crippen LogP contribution in [0.2, 0.25) is 36.3 Å². The fraction of sp³-hybridized carbons (Fsp3) is 0.882. The third-order valence-corrected chi connectivity index (χ3v) is 14.6. The van der Waals surface area contributed by atoms with E-state index in [1.54, 1.807) is 0 Å². The summed E-state index contributed by atoms with van der Waals surface area (Å²) in [6.45, 7) is 14.8. The van der Waals surface area contributed by atoms with Crippen LogP contribution in [0.1, 0.15) is 54.4 Å². The van der Waals surface area contributed by atoms with E-state index >= 15 is 0 Å². The SMILES string of the molecule is CC[Si](C#CCCCO[Si](CC)(CC)CC)(CC)CC. The number of rotatable bonds is 10. The average molecular weight is 313 g/mol. The van der Waals surface area contributed by atoms with Crippen LogP contribution in [-0.4, -0.2) is 23.0 Å². The molecule has 0 aliphatic rings. The van der Waals surface area contributed by atoms with Gasteiger partial charge in [-0.25, -0.2) is 0 Å². The maximum Gasteiger partial charge on any atom is 0.191 e. The van der Waals surface area contributed by atoms with Crippen molar-refractivity contribution < 1.29 is 4.43 Å². The molecule has 0 aliphatic carbocycles. The van der Waals surface area contributed by atoms with Crippen LogP contribution in [0, 0.1) is 11.5 Å². The van der Waals surface area contributed by atoms with Gasteiger partial charge < -0.3 is 4.43 Å². The fourth-order valence-corrected chi connectivity index (χ4v) is 7.99. The zero-order valence-corrected chi connectivity index (χ0v) is 16.8. The van der Waals surface area contributed by atoms with Gasteiger partial charge >= 0.3 is 0 Å². The molecule has 118 valence electrons. The lowest BCUT2D eigenvalue weighted by molar-refractivity contribution is 0.295. The Morgan fingerprint density at radius 2 is 1.25 bits per heavy atom. The number of hydrogen-bond acceptors (Lipinski definition) is 1. The summed E-state index contributed by atoms with van der Waals surface area (Å²) in [5, 5.41) is 0. The van der Waals surface area contributed by atoms with Crippen molar-refractivity contribution in [2.24, 2.45) is 0 Å². The van der Waals surface area contributed by atoms with Crippen molar-refractivity contribution in [3.8, 4) is 11.5 Å². The molecule has 0 saturated carbocycles. The van der Waals surface area contributed by atoms with Gasteiger partial charge in [-0.05, 0) is 42.7 Å². The van der Waals surface area contributed by atoms with Crippen molar-refractivity contribution in [3.05, 3.63) is 0 Å². The van der Waals surface area contributed by atoms with Gasteiger partial charge in [-0.2, -0.15) is 0 Å². The van der Waals surface area contributed by atoms with Crippen LogP contribution >= 0.6 is 0 Å². The molecule has 0 spiro atoms. The third kappa shape index (κ3) is 6.16. The Hall–Kier alpha value is -0.0462. The first-order valence-corrected chi connectivity index (χ1v) is 13.9. The topological polar surface area (TPSA) is 9.23 Å². The van der Waals surface area contributed by atoms with Crippen molar-refractivity contribution in [1.29, 1.82) is 0 Å².